The van der Waals surface area contributed by atoms with Crippen molar-refractivity contribution >= 4 is 5.97 Å². The van der Waals surface area contributed by atoms with Crippen molar-refractivity contribution in [3.63, 3.8) is 0 Å². The lowest BCUT2D eigenvalue weighted by Crippen LogP contribution is -2.15. The van der Waals surface area contributed by atoms with E-state index < -0.39 is 12.6 Å². The van der Waals surface area contributed by atoms with Crippen molar-refractivity contribution < 1.29 is 23.4 Å². The normalized spacial score (nSPS) is 9.76. The molecule has 1 aromatic rings. The fourth-order valence-corrected chi connectivity index (χ4v) is 1.18. The summed E-state index contributed by atoms with van der Waals surface area (Å²) in [5, 5.41) is 0. The Morgan fingerprint density at radius 1 is 1.24 bits per heavy atom. The van der Waals surface area contributed by atoms with Crippen molar-refractivity contribution in [3.8, 4) is 11.5 Å². The van der Waals surface area contributed by atoms with Crippen LogP contribution in [0.1, 0.15) is 6.92 Å². The van der Waals surface area contributed by atoms with Crippen molar-refractivity contribution in [2.75, 3.05) is 26.5 Å². The summed E-state index contributed by atoms with van der Waals surface area (Å²) >= 11 is 0. The molecule has 0 unspecified atom stereocenters. The van der Waals surface area contributed by atoms with Gasteiger partial charge in [-0.3, -0.25) is 0 Å². The number of halogens is 1. The number of carbonyl (C=O) groups excluding carboxylic acids is 1. The van der Waals surface area contributed by atoms with Crippen molar-refractivity contribution in [1.29, 1.82) is 0 Å². The Morgan fingerprint density at radius 3 is 2.47 bits per heavy atom. The van der Waals surface area contributed by atoms with Crippen LogP contribution in [0.3, 0.4) is 0 Å². The molecule has 0 aliphatic heterocycles. The van der Waals surface area contributed by atoms with E-state index in [1.54, 1.807) is 31.2 Å². The fourth-order valence-electron chi connectivity index (χ4n) is 1.18. The second-order valence-electron chi connectivity index (χ2n) is 3.08. The number of esters is 1. The van der Waals surface area contributed by atoms with Gasteiger partial charge in [0.15, 0.2) is 18.1 Å². The molecule has 0 saturated heterocycles. The Balaban J connectivity index is 2.54. The third-order valence-electron chi connectivity index (χ3n) is 1.83. The Labute approximate surface area is 99.3 Å². The molecule has 0 saturated carbocycles. The first kappa shape index (κ1) is 13.3. The smallest absolute Gasteiger partial charge is 0.344 e. The molecular formula is C12H15FO4. The highest BCUT2D eigenvalue weighted by molar-refractivity contribution is 5.71. The van der Waals surface area contributed by atoms with Crippen molar-refractivity contribution in [2.45, 2.75) is 6.92 Å². The van der Waals surface area contributed by atoms with Gasteiger partial charge in [-0.15, -0.1) is 0 Å². The van der Waals surface area contributed by atoms with E-state index in [0.29, 0.717) is 18.1 Å². The van der Waals surface area contributed by atoms with E-state index in [-0.39, 0.29) is 13.2 Å². The van der Waals surface area contributed by atoms with Crippen LogP contribution in [-0.4, -0.2) is 32.5 Å². The first-order chi connectivity index (χ1) is 8.27. The molecule has 0 amide bonds. The lowest BCUT2D eigenvalue weighted by atomic mass is 10.3. The van der Waals surface area contributed by atoms with E-state index in [1.807, 2.05) is 0 Å². The van der Waals surface area contributed by atoms with Crippen LogP contribution in [-0.2, 0) is 9.53 Å². The van der Waals surface area contributed by atoms with Gasteiger partial charge in [-0.1, -0.05) is 12.1 Å². The number of ether oxygens (including phenoxy) is 3. The number of carbonyl (C=O) groups is 1. The summed E-state index contributed by atoms with van der Waals surface area (Å²) in [4.78, 5) is 11.1. The SMILES string of the molecule is CCOC(=O)COc1ccccc1OCCF. The Morgan fingerprint density at radius 2 is 1.88 bits per heavy atom. The molecule has 4 nitrogen and oxygen atoms in total. The van der Waals surface area contributed by atoms with Crippen LogP contribution in [0.2, 0.25) is 0 Å². The molecule has 0 aliphatic rings. The Kier molecular flexibility index (Phi) is 5.85. The van der Waals surface area contributed by atoms with E-state index in [4.69, 9.17) is 14.2 Å². The van der Waals surface area contributed by atoms with Gasteiger partial charge in [-0.25, -0.2) is 9.18 Å². The number of hydrogen-bond donors (Lipinski definition) is 0. The summed E-state index contributed by atoms with van der Waals surface area (Å²) in [5.41, 5.74) is 0. The number of alkyl halides is 1. The molecule has 0 fully saturated rings. The van der Waals surface area contributed by atoms with E-state index in [0.717, 1.165) is 0 Å². The van der Waals surface area contributed by atoms with Crippen LogP contribution in [0.15, 0.2) is 24.3 Å². The van der Waals surface area contributed by atoms with Crippen LogP contribution in [0, 0.1) is 0 Å². The first-order valence-corrected chi connectivity index (χ1v) is 5.34. The summed E-state index contributed by atoms with van der Waals surface area (Å²) < 4.78 is 27.1. The zero-order valence-corrected chi connectivity index (χ0v) is 9.65. The fraction of sp³-hybridized carbons (Fsp3) is 0.417. The van der Waals surface area contributed by atoms with E-state index in [2.05, 4.69) is 0 Å². The first-order valence-electron chi connectivity index (χ1n) is 5.34. The van der Waals surface area contributed by atoms with Crippen LogP contribution in [0.4, 0.5) is 4.39 Å². The monoisotopic (exact) mass is 242 g/mol. The molecule has 0 atom stereocenters. The van der Waals surface area contributed by atoms with E-state index in [1.165, 1.54) is 0 Å². The summed E-state index contributed by atoms with van der Waals surface area (Å²) in [6.07, 6.45) is 0. The predicted octanol–water partition coefficient (Wildman–Crippen LogP) is 1.98. The van der Waals surface area contributed by atoms with Crippen molar-refractivity contribution in [1.82, 2.24) is 0 Å². The molecule has 17 heavy (non-hydrogen) atoms. The quantitative estimate of drug-likeness (QED) is 0.686. The molecule has 0 aliphatic carbocycles. The minimum atomic E-state index is -0.577. The molecule has 0 bridgehead atoms. The molecule has 1 aromatic carbocycles. The van der Waals surface area contributed by atoms with Crippen LogP contribution in [0.5, 0.6) is 11.5 Å². The molecular weight excluding hydrogens is 227 g/mol. The maximum Gasteiger partial charge on any atom is 0.344 e. The average Bonchev–Trinajstić information content (AvgIpc) is 2.35. The van der Waals surface area contributed by atoms with Gasteiger partial charge < -0.3 is 14.2 Å². The van der Waals surface area contributed by atoms with Gasteiger partial charge in [0.05, 0.1) is 6.61 Å². The summed E-state index contributed by atoms with van der Waals surface area (Å²) in [7, 11) is 0. The highest BCUT2D eigenvalue weighted by Crippen LogP contribution is 2.26. The molecule has 5 heteroatoms. The summed E-state index contributed by atoms with van der Waals surface area (Å²) in [6, 6.07) is 6.77. The van der Waals surface area contributed by atoms with Gasteiger partial charge in [-0.2, -0.15) is 0 Å². The molecule has 1 rings (SSSR count). The lowest BCUT2D eigenvalue weighted by molar-refractivity contribution is -0.145. The second kappa shape index (κ2) is 7.49. The van der Waals surface area contributed by atoms with Gasteiger partial charge in [0.25, 0.3) is 0 Å². The number of rotatable bonds is 7. The Bertz CT molecular complexity index is 354. The van der Waals surface area contributed by atoms with Crippen molar-refractivity contribution in [2.24, 2.45) is 0 Å². The van der Waals surface area contributed by atoms with Gasteiger partial charge in [-0.05, 0) is 19.1 Å². The lowest BCUT2D eigenvalue weighted by Gasteiger charge is -2.11. The molecule has 0 spiro atoms. The number of para-hydroxylation sites is 2. The van der Waals surface area contributed by atoms with Crippen LogP contribution >= 0.6 is 0 Å². The number of benzene rings is 1. The molecule has 0 radical (unpaired) electrons. The van der Waals surface area contributed by atoms with E-state index in [9.17, 15) is 9.18 Å². The predicted molar refractivity (Wildman–Crippen MR) is 60.0 cm³/mol. The van der Waals surface area contributed by atoms with E-state index >= 15 is 0 Å². The second-order valence-corrected chi connectivity index (χ2v) is 3.08. The Hall–Kier alpha value is -1.78. The van der Waals surface area contributed by atoms with Crippen molar-refractivity contribution in [3.05, 3.63) is 24.3 Å². The van der Waals surface area contributed by atoms with Crippen LogP contribution < -0.4 is 9.47 Å². The van der Waals surface area contributed by atoms with Crippen LogP contribution in [0.25, 0.3) is 0 Å². The summed E-state index contributed by atoms with van der Waals surface area (Å²) in [5.74, 6) is 0.358. The van der Waals surface area contributed by atoms with Gasteiger partial charge in [0, 0.05) is 0 Å². The maximum absolute atomic E-state index is 12.0. The molecule has 0 aromatic heterocycles. The minimum absolute atomic E-state index is 0.0419. The minimum Gasteiger partial charge on any atom is -0.487 e. The number of hydrogen-bond acceptors (Lipinski definition) is 4. The zero-order chi connectivity index (χ0) is 12.5. The highest BCUT2D eigenvalue weighted by atomic mass is 19.1. The largest absolute Gasteiger partial charge is 0.487 e. The van der Waals surface area contributed by atoms with Gasteiger partial charge >= 0.3 is 5.97 Å². The third-order valence-corrected chi connectivity index (χ3v) is 1.83. The highest BCUT2D eigenvalue weighted by Gasteiger charge is 2.07. The third kappa shape index (κ3) is 4.72. The summed E-state index contributed by atoms with van der Waals surface area (Å²) in [6.45, 7) is 1.22. The molecule has 94 valence electrons. The van der Waals surface area contributed by atoms with Gasteiger partial charge in [0.2, 0.25) is 0 Å². The molecule has 0 N–H and O–H groups in total. The van der Waals surface area contributed by atoms with Gasteiger partial charge in [0.1, 0.15) is 13.3 Å². The average molecular weight is 242 g/mol. The molecule has 0 heterocycles. The zero-order valence-electron chi connectivity index (χ0n) is 9.65. The topological polar surface area (TPSA) is 44.8 Å². The maximum atomic E-state index is 12.0. The standard InChI is InChI=1S/C12H15FO4/c1-2-15-12(14)9-17-11-6-4-3-5-10(11)16-8-7-13/h3-6H,2,7-9H2,1H3.